The van der Waals surface area contributed by atoms with Gasteiger partial charge in [-0.05, 0) is 32.1 Å². The van der Waals surface area contributed by atoms with Crippen LogP contribution in [0.3, 0.4) is 0 Å². The molecule has 0 amide bonds. The normalized spacial score (nSPS) is 33.1. The van der Waals surface area contributed by atoms with Gasteiger partial charge in [0.05, 0.1) is 6.20 Å². The van der Waals surface area contributed by atoms with Crippen LogP contribution in [0.25, 0.3) is 0 Å². The maximum absolute atomic E-state index is 6.07. The van der Waals surface area contributed by atoms with Gasteiger partial charge in [-0.1, -0.05) is 5.21 Å². The van der Waals surface area contributed by atoms with Crippen molar-refractivity contribution in [3.05, 3.63) is 12.4 Å². The molecule has 94 valence electrons. The van der Waals surface area contributed by atoms with Gasteiger partial charge in [-0.3, -0.25) is 9.58 Å². The molecule has 2 saturated heterocycles. The first-order chi connectivity index (χ1) is 8.33. The molecule has 5 heteroatoms. The minimum absolute atomic E-state index is 0.444. The van der Waals surface area contributed by atoms with Crippen molar-refractivity contribution in [1.82, 2.24) is 19.9 Å². The fourth-order valence-corrected chi connectivity index (χ4v) is 3.45. The molecule has 1 aromatic heterocycles. The molecule has 3 heterocycles. The molecule has 0 spiro atoms. The van der Waals surface area contributed by atoms with E-state index >= 15 is 0 Å². The monoisotopic (exact) mass is 235 g/mol. The Bertz CT molecular complexity index is 336. The summed E-state index contributed by atoms with van der Waals surface area (Å²) in [7, 11) is 0. The van der Waals surface area contributed by atoms with Crippen LogP contribution in [-0.2, 0) is 6.54 Å². The van der Waals surface area contributed by atoms with Crippen LogP contribution < -0.4 is 5.73 Å². The SMILES string of the molecule is NC1CC2CCC(C1)N2CCCn1ccnn1. The Balaban J connectivity index is 1.49. The van der Waals surface area contributed by atoms with Gasteiger partial charge in [-0.2, -0.15) is 0 Å². The number of piperidine rings is 1. The van der Waals surface area contributed by atoms with E-state index in [1.165, 1.54) is 32.2 Å². The molecule has 0 aromatic carbocycles. The Labute approximate surface area is 102 Å². The van der Waals surface area contributed by atoms with E-state index in [2.05, 4.69) is 15.2 Å². The van der Waals surface area contributed by atoms with Crippen LogP contribution in [-0.4, -0.2) is 44.6 Å². The summed E-state index contributed by atoms with van der Waals surface area (Å²) in [4.78, 5) is 2.68. The van der Waals surface area contributed by atoms with Crippen molar-refractivity contribution in [2.24, 2.45) is 5.73 Å². The number of hydrogen-bond donors (Lipinski definition) is 1. The van der Waals surface area contributed by atoms with Gasteiger partial charge in [0, 0.05) is 37.4 Å². The minimum atomic E-state index is 0.444. The lowest BCUT2D eigenvalue weighted by Crippen LogP contribution is -2.47. The summed E-state index contributed by atoms with van der Waals surface area (Å²) >= 11 is 0. The molecule has 0 saturated carbocycles. The molecule has 2 atom stereocenters. The summed E-state index contributed by atoms with van der Waals surface area (Å²) in [6.45, 7) is 2.16. The predicted molar refractivity (Wildman–Crippen MR) is 65.4 cm³/mol. The zero-order valence-electron chi connectivity index (χ0n) is 10.2. The van der Waals surface area contributed by atoms with Gasteiger partial charge in [0.1, 0.15) is 0 Å². The second-order valence-electron chi connectivity index (χ2n) is 5.37. The van der Waals surface area contributed by atoms with Gasteiger partial charge < -0.3 is 5.73 Å². The van der Waals surface area contributed by atoms with Gasteiger partial charge >= 0.3 is 0 Å². The lowest BCUT2D eigenvalue weighted by atomic mass is 9.98. The molecule has 2 unspecified atom stereocenters. The van der Waals surface area contributed by atoms with Crippen molar-refractivity contribution >= 4 is 0 Å². The molecule has 17 heavy (non-hydrogen) atoms. The predicted octanol–water partition coefficient (Wildman–Crippen LogP) is 0.622. The van der Waals surface area contributed by atoms with E-state index in [4.69, 9.17) is 5.73 Å². The molecule has 3 rings (SSSR count). The maximum atomic E-state index is 6.07. The molecule has 2 N–H and O–H groups in total. The fraction of sp³-hybridized carbons (Fsp3) is 0.833. The summed E-state index contributed by atoms with van der Waals surface area (Å²) in [5.41, 5.74) is 6.07. The van der Waals surface area contributed by atoms with Crippen molar-refractivity contribution in [3.63, 3.8) is 0 Å². The highest BCUT2D eigenvalue weighted by atomic mass is 15.4. The third-order valence-electron chi connectivity index (χ3n) is 4.20. The molecular formula is C12H21N5. The Morgan fingerprint density at radius 2 is 1.94 bits per heavy atom. The van der Waals surface area contributed by atoms with Gasteiger partial charge in [0.2, 0.25) is 0 Å². The average Bonchev–Trinajstić information content (AvgIpc) is 2.88. The summed E-state index contributed by atoms with van der Waals surface area (Å²) in [6, 6.07) is 1.94. The van der Waals surface area contributed by atoms with Crippen LogP contribution in [0.4, 0.5) is 0 Å². The van der Waals surface area contributed by atoms with Crippen LogP contribution in [0.2, 0.25) is 0 Å². The summed E-state index contributed by atoms with van der Waals surface area (Å²) in [5, 5.41) is 7.82. The fourth-order valence-electron chi connectivity index (χ4n) is 3.45. The molecule has 5 nitrogen and oxygen atoms in total. The maximum Gasteiger partial charge on any atom is 0.0692 e. The zero-order chi connectivity index (χ0) is 11.7. The number of aryl methyl sites for hydroxylation is 1. The number of aromatic nitrogens is 3. The molecule has 1 aromatic rings. The molecular weight excluding hydrogens is 214 g/mol. The minimum Gasteiger partial charge on any atom is -0.328 e. The van der Waals surface area contributed by atoms with E-state index in [0.29, 0.717) is 6.04 Å². The van der Waals surface area contributed by atoms with Crippen molar-refractivity contribution in [3.8, 4) is 0 Å². The van der Waals surface area contributed by atoms with E-state index in [9.17, 15) is 0 Å². The van der Waals surface area contributed by atoms with Crippen LogP contribution in [0, 0.1) is 0 Å². The summed E-state index contributed by atoms with van der Waals surface area (Å²) < 4.78 is 1.91. The van der Waals surface area contributed by atoms with Crippen LogP contribution in [0.1, 0.15) is 32.1 Å². The van der Waals surface area contributed by atoms with Crippen LogP contribution in [0.5, 0.6) is 0 Å². The number of fused-ring (bicyclic) bond motifs is 2. The highest BCUT2D eigenvalue weighted by Crippen LogP contribution is 2.34. The Kier molecular flexibility index (Phi) is 3.11. The van der Waals surface area contributed by atoms with Crippen molar-refractivity contribution < 1.29 is 0 Å². The van der Waals surface area contributed by atoms with E-state index < -0.39 is 0 Å². The quantitative estimate of drug-likeness (QED) is 0.831. The van der Waals surface area contributed by atoms with Gasteiger partial charge in [0.15, 0.2) is 0 Å². The van der Waals surface area contributed by atoms with Crippen molar-refractivity contribution in [2.75, 3.05) is 6.54 Å². The Hall–Kier alpha value is -0.940. The number of hydrogen-bond acceptors (Lipinski definition) is 4. The molecule has 2 bridgehead atoms. The van der Waals surface area contributed by atoms with Crippen molar-refractivity contribution in [2.45, 2.75) is 56.8 Å². The number of nitrogens with zero attached hydrogens (tertiary/aromatic N) is 4. The first-order valence-corrected chi connectivity index (χ1v) is 6.68. The van der Waals surface area contributed by atoms with E-state index in [-0.39, 0.29) is 0 Å². The Morgan fingerprint density at radius 3 is 2.59 bits per heavy atom. The van der Waals surface area contributed by atoms with E-state index in [1.807, 2.05) is 10.9 Å². The van der Waals surface area contributed by atoms with Crippen molar-refractivity contribution in [1.29, 1.82) is 0 Å². The first kappa shape index (κ1) is 11.2. The second-order valence-corrected chi connectivity index (χ2v) is 5.37. The Morgan fingerprint density at radius 1 is 1.18 bits per heavy atom. The topological polar surface area (TPSA) is 60.0 Å². The molecule has 2 aliphatic heterocycles. The van der Waals surface area contributed by atoms with Crippen LogP contribution in [0.15, 0.2) is 12.4 Å². The third kappa shape index (κ3) is 2.35. The van der Waals surface area contributed by atoms with Gasteiger partial charge in [-0.15, -0.1) is 5.10 Å². The molecule has 0 radical (unpaired) electrons. The number of nitrogens with two attached hydrogens (primary N) is 1. The summed E-state index contributed by atoms with van der Waals surface area (Å²) in [5.74, 6) is 0. The first-order valence-electron chi connectivity index (χ1n) is 6.68. The highest BCUT2D eigenvalue weighted by Gasteiger charge is 2.38. The third-order valence-corrected chi connectivity index (χ3v) is 4.20. The van der Waals surface area contributed by atoms with Gasteiger partial charge in [0.25, 0.3) is 0 Å². The second kappa shape index (κ2) is 4.74. The highest BCUT2D eigenvalue weighted by molar-refractivity contribution is 4.96. The average molecular weight is 235 g/mol. The summed E-state index contributed by atoms with van der Waals surface area (Å²) in [6.07, 6.45) is 9.92. The lowest BCUT2D eigenvalue weighted by Gasteiger charge is -2.37. The smallest absolute Gasteiger partial charge is 0.0692 e. The molecule has 2 aliphatic rings. The molecule has 2 fully saturated rings. The van der Waals surface area contributed by atoms with Crippen LogP contribution >= 0.6 is 0 Å². The standard InChI is InChI=1S/C12H21N5/c13-10-8-11-2-3-12(9-10)17(11)6-1-5-16-7-4-14-15-16/h4,7,10-12H,1-3,5-6,8-9,13H2. The lowest BCUT2D eigenvalue weighted by molar-refractivity contribution is 0.124. The molecule has 0 aliphatic carbocycles. The number of rotatable bonds is 4. The van der Waals surface area contributed by atoms with Gasteiger partial charge in [-0.25, -0.2) is 0 Å². The van der Waals surface area contributed by atoms with E-state index in [1.54, 1.807) is 6.20 Å². The largest absolute Gasteiger partial charge is 0.328 e. The zero-order valence-corrected chi connectivity index (χ0v) is 10.2. The van der Waals surface area contributed by atoms with E-state index in [0.717, 1.165) is 25.0 Å².